The summed E-state index contributed by atoms with van der Waals surface area (Å²) in [5.41, 5.74) is 0. The molecule has 1 fully saturated rings. The van der Waals surface area contributed by atoms with Crippen LogP contribution in [0.5, 0.6) is 0 Å². The molecule has 1 saturated heterocycles. The molecule has 0 radical (unpaired) electrons. The monoisotopic (exact) mass is 291 g/mol. The summed E-state index contributed by atoms with van der Waals surface area (Å²) in [4.78, 5) is 24.6. The van der Waals surface area contributed by atoms with E-state index < -0.39 is 5.97 Å². The van der Waals surface area contributed by atoms with Crippen LogP contribution in [0.15, 0.2) is 22.6 Å². The Morgan fingerprint density at radius 1 is 1.48 bits per heavy atom. The maximum Gasteiger partial charge on any atom is 0.303 e. The second kappa shape index (κ2) is 7.11. The van der Waals surface area contributed by atoms with Gasteiger partial charge in [0.1, 0.15) is 11.5 Å². The van der Waals surface area contributed by atoms with Crippen LogP contribution < -0.4 is 0 Å². The minimum absolute atomic E-state index is 0.0379. The van der Waals surface area contributed by atoms with Crippen molar-refractivity contribution in [2.75, 3.05) is 13.1 Å². The molecule has 0 unspecified atom stereocenters. The van der Waals surface area contributed by atoms with Crippen molar-refractivity contribution >= 4 is 18.0 Å². The number of nitrogens with zero attached hydrogens (tertiary/aromatic N) is 1. The minimum atomic E-state index is -0.772. The van der Waals surface area contributed by atoms with Gasteiger partial charge < -0.3 is 14.4 Å². The average molecular weight is 291 g/mol. The normalized spacial score (nSPS) is 19.1. The Balaban J connectivity index is 1.86. The first-order valence-corrected chi connectivity index (χ1v) is 7.30. The van der Waals surface area contributed by atoms with Gasteiger partial charge in [-0.2, -0.15) is 0 Å². The number of hydrogen-bond acceptors (Lipinski definition) is 3. The number of amides is 1. The van der Waals surface area contributed by atoms with Gasteiger partial charge in [-0.1, -0.05) is 0 Å². The Bertz CT molecular complexity index is 532. The molecule has 1 aliphatic rings. The summed E-state index contributed by atoms with van der Waals surface area (Å²) in [6.07, 6.45) is 5.95. The number of rotatable bonds is 5. The third-order valence-electron chi connectivity index (χ3n) is 3.75. The molecule has 1 N–H and O–H groups in total. The van der Waals surface area contributed by atoms with Crippen molar-refractivity contribution in [1.29, 1.82) is 0 Å². The number of aliphatic carboxylic acids is 1. The molecule has 0 aliphatic carbocycles. The van der Waals surface area contributed by atoms with Gasteiger partial charge in [0.15, 0.2) is 0 Å². The first kappa shape index (κ1) is 15.4. The highest BCUT2D eigenvalue weighted by Gasteiger charge is 2.22. The Labute approximate surface area is 124 Å². The second-order valence-corrected chi connectivity index (χ2v) is 5.51. The first-order chi connectivity index (χ1) is 10.0. The van der Waals surface area contributed by atoms with E-state index in [2.05, 4.69) is 0 Å². The number of carbonyl (C=O) groups excluding carboxylic acids is 1. The molecule has 5 heteroatoms. The van der Waals surface area contributed by atoms with E-state index in [0.717, 1.165) is 25.1 Å². The molecule has 114 valence electrons. The average Bonchev–Trinajstić information content (AvgIpc) is 2.88. The van der Waals surface area contributed by atoms with E-state index in [1.807, 2.05) is 19.1 Å². The van der Waals surface area contributed by atoms with E-state index in [1.165, 1.54) is 6.08 Å². The Hall–Kier alpha value is -2.04. The number of hydrogen-bond donors (Lipinski definition) is 1. The van der Waals surface area contributed by atoms with E-state index in [1.54, 1.807) is 11.0 Å². The predicted octanol–water partition coefficient (Wildman–Crippen LogP) is 2.70. The highest BCUT2D eigenvalue weighted by Crippen LogP contribution is 2.21. The van der Waals surface area contributed by atoms with Crippen molar-refractivity contribution < 1.29 is 19.1 Å². The van der Waals surface area contributed by atoms with Gasteiger partial charge in [0.2, 0.25) is 5.91 Å². The number of furan rings is 1. The van der Waals surface area contributed by atoms with Crippen molar-refractivity contribution in [3.8, 4) is 0 Å². The highest BCUT2D eigenvalue weighted by atomic mass is 16.4. The van der Waals surface area contributed by atoms with Crippen LogP contribution in [0.1, 0.15) is 37.2 Å². The molecule has 1 amide bonds. The summed E-state index contributed by atoms with van der Waals surface area (Å²) < 4.78 is 5.38. The van der Waals surface area contributed by atoms with Crippen molar-refractivity contribution in [2.45, 2.75) is 32.6 Å². The molecule has 5 nitrogen and oxygen atoms in total. The maximum atomic E-state index is 12.1. The summed E-state index contributed by atoms with van der Waals surface area (Å²) in [5, 5.41) is 8.73. The molecular weight excluding hydrogens is 270 g/mol. The molecular formula is C16H21NO4. The van der Waals surface area contributed by atoms with E-state index in [-0.39, 0.29) is 18.2 Å². The number of carbonyl (C=O) groups is 2. The van der Waals surface area contributed by atoms with Gasteiger partial charge in [-0.05, 0) is 50.3 Å². The van der Waals surface area contributed by atoms with E-state index >= 15 is 0 Å². The molecule has 2 heterocycles. The van der Waals surface area contributed by atoms with Crippen LogP contribution in [0.3, 0.4) is 0 Å². The lowest BCUT2D eigenvalue weighted by Gasteiger charge is -2.31. The van der Waals surface area contributed by atoms with Crippen LogP contribution in [0, 0.1) is 12.8 Å². The first-order valence-electron chi connectivity index (χ1n) is 7.30. The smallest absolute Gasteiger partial charge is 0.303 e. The van der Waals surface area contributed by atoms with E-state index in [4.69, 9.17) is 9.52 Å². The van der Waals surface area contributed by atoms with Crippen molar-refractivity contribution in [2.24, 2.45) is 5.92 Å². The lowest BCUT2D eigenvalue weighted by molar-refractivity contribution is -0.137. The zero-order chi connectivity index (χ0) is 15.2. The Morgan fingerprint density at radius 2 is 2.29 bits per heavy atom. The fourth-order valence-corrected chi connectivity index (χ4v) is 2.63. The molecule has 21 heavy (non-hydrogen) atoms. The quantitative estimate of drug-likeness (QED) is 0.847. The van der Waals surface area contributed by atoms with E-state index in [9.17, 15) is 9.59 Å². The predicted molar refractivity (Wildman–Crippen MR) is 78.7 cm³/mol. The molecule has 0 aromatic carbocycles. The largest absolute Gasteiger partial charge is 0.481 e. The van der Waals surface area contributed by atoms with Crippen molar-refractivity contribution in [3.05, 3.63) is 29.7 Å². The Kier molecular flexibility index (Phi) is 5.20. The second-order valence-electron chi connectivity index (χ2n) is 5.51. The zero-order valence-corrected chi connectivity index (χ0v) is 12.2. The molecule has 1 aromatic rings. The van der Waals surface area contributed by atoms with Gasteiger partial charge in [-0.15, -0.1) is 0 Å². The van der Waals surface area contributed by atoms with Crippen molar-refractivity contribution in [3.63, 3.8) is 0 Å². The number of carboxylic acids is 1. The molecule has 0 spiro atoms. The lowest BCUT2D eigenvalue weighted by Crippen LogP contribution is -2.39. The van der Waals surface area contributed by atoms with E-state index in [0.29, 0.717) is 18.7 Å². The standard InChI is InChI=1S/C16H21NO4/c1-12-4-6-14(21-12)7-8-15(18)17-10-2-3-13(11-17)5-9-16(19)20/h4,6-8,13H,2-3,5,9-11H2,1H3,(H,19,20)/b8-7-/t13-/m1/s1. The zero-order valence-electron chi connectivity index (χ0n) is 12.2. The summed E-state index contributed by atoms with van der Waals surface area (Å²) in [6.45, 7) is 3.24. The molecule has 0 saturated carbocycles. The maximum absolute atomic E-state index is 12.1. The van der Waals surface area contributed by atoms with Gasteiger partial charge >= 0.3 is 5.97 Å². The molecule has 0 bridgehead atoms. The summed E-state index contributed by atoms with van der Waals surface area (Å²) in [5.74, 6) is 0.961. The fraction of sp³-hybridized carbons (Fsp3) is 0.500. The fourth-order valence-electron chi connectivity index (χ4n) is 2.63. The number of carboxylic acid groups (broad SMARTS) is 1. The third kappa shape index (κ3) is 4.77. The van der Waals surface area contributed by atoms with Crippen molar-refractivity contribution in [1.82, 2.24) is 4.90 Å². The molecule has 2 rings (SSSR count). The molecule has 1 aliphatic heterocycles. The van der Waals surface area contributed by atoms with Gasteiger partial charge in [0, 0.05) is 25.6 Å². The highest BCUT2D eigenvalue weighted by molar-refractivity contribution is 5.91. The number of piperidine rings is 1. The summed E-state index contributed by atoms with van der Waals surface area (Å²) in [6, 6.07) is 3.68. The van der Waals surface area contributed by atoms with Gasteiger partial charge in [-0.25, -0.2) is 0 Å². The van der Waals surface area contributed by atoms with Crippen LogP contribution in [0.25, 0.3) is 6.08 Å². The van der Waals surface area contributed by atoms with Crippen LogP contribution in [-0.4, -0.2) is 35.0 Å². The summed E-state index contributed by atoms with van der Waals surface area (Å²) in [7, 11) is 0. The topological polar surface area (TPSA) is 70.8 Å². The van der Waals surface area contributed by atoms with Gasteiger partial charge in [-0.3, -0.25) is 9.59 Å². The molecule has 1 atom stereocenters. The van der Waals surface area contributed by atoms with Gasteiger partial charge in [0.05, 0.1) is 0 Å². The molecule has 1 aromatic heterocycles. The Morgan fingerprint density at radius 3 is 2.95 bits per heavy atom. The van der Waals surface area contributed by atoms with Crippen LogP contribution in [0.2, 0.25) is 0 Å². The number of likely N-dealkylation sites (tertiary alicyclic amines) is 1. The minimum Gasteiger partial charge on any atom is -0.481 e. The third-order valence-corrected chi connectivity index (χ3v) is 3.75. The van der Waals surface area contributed by atoms with Crippen LogP contribution in [-0.2, 0) is 9.59 Å². The number of aryl methyl sites for hydroxylation is 1. The van der Waals surface area contributed by atoms with Crippen LogP contribution in [0.4, 0.5) is 0 Å². The summed E-state index contributed by atoms with van der Waals surface area (Å²) >= 11 is 0. The lowest BCUT2D eigenvalue weighted by atomic mass is 9.93. The van der Waals surface area contributed by atoms with Crippen LogP contribution >= 0.6 is 0 Å². The SMILES string of the molecule is Cc1ccc(/C=C\C(=O)N2CCC[C@H](CCC(=O)O)C2)o1. The van der Waals surface area contributed by atoms with Gasteiger partial charge in [0.25, 0.3) is 0 Å².